The van der Waals surface area contributed by atoms with Gasteiger partial charge in [0.25, 0.3) is 5.91 Å². The molecule has 1 aromatic carbocycles. The summed E-state index contributed by atoms with van der Waals surface area (Å²) in [5.41, 5.74) is 2.95. The highest BCUT2D eigenvalue weighted by Crippen LogP contribution is 2.40. The molecular weight excluding hydrogens is 338 g/mol. The average molecular weight is 353 g/mol. The molecule has 0 spiro atoms. The number of aryl methyl sites for hydroxylation is 1. The lowest BCUT2D eigenvalue weighted by atomic mass is 10.1. The monoisotopic (exact) mass is 353 g/mol. The van der Waals surface area contributed by atoms with Crippen LogP contribution in [0, 0.1) is 6.92 Å². The summed E-state index contributed by atoms with van der Waals surface area (Å²) in [7, 11) is 0. The maximum absolute atomic E-state index is 12.3. The highest BCUT2D eigenvalue weighted by molar-refractivity contribution is 7.14. The Hall–Kier alpha value is -2.93. The van der Waals surface area contributed by atoms with Crippen molar-refractivity contribution in [1.82, 2.24) is 9.97 Å². The molecule has 0 atom stereocenters. The Balaban J connectivity index is 1.57. The van der Waals surface area contributed by atoms with Gasteiger partial charge in [-0.15, -0.1) is 11.3 Å². The highest BCUT2D eigenvalue weighted by Gasteiger charge is 2.19. The third-order valence-corrected chi connectivity index (χ3v) is 4.50. The molecule has 0 radical (unpaired) electrons. The lowest BCUT2D eigenvalue weighted by Gasteiger charge is -2.20. The van der Waals surface area contributed by atoms with E-state index < -0.39 is 0 Å². The van der Waals surface area contributed by atoms with E-state index in [1.807, 2.05) is 30.5 Å². The van der Waals surface area contributed by atoms with E-state index in [1.165, 1.54) is 11.3 Å². The highest BCUT2D eigenvalue weighted by atomic mass is 32.1. The number of pyridine rings is 1. The zero-order valence-electron chi connectivity index (χ0n) is 13.5. The lowest BCUT2D eigenvalue weighted by molar-refractivity contribution is 0.102. The van der Waals surface area contributed by atoms with Gasteiger partial charge in [-0.25, -0.2) is 4.98 Å². The third kappa shape index (κ3) is 3.18. The third-order valence-electron chi connectivity index (χ3n) is 3.74. The fourth-order valence-corrected chi connectivity index (χ4v) is 3.21. The van der Waals surface area contributed by atoms with Crippen molar-refractivity contribution in [2.75, 3.05) is 18.5 Å². The van der Waals surface area contributed by atoms with Crippen LogP contribution in [-0.4, -0.2) is 29.1 Å². The van der Waals surface area contributed by atoms with Crippen LogP contribution >= 0.6 is 11.3 Å². The first-order valence-electron chi connectivity index (χ1n) is 7.79. The van der Waals surface area contributed by atoms with Crippen LogP contribution in [0.15, 0.2) is 41.9 Å². The van der Waals surface area contributed by atoms with Crippen LogP contribution in [0.2, 0.25) is 0 Å². The topological polar surface area (TPSA) is 73.3 Å². The predicted octanol–water partition coefficient (Wildman–Crippen LogP) is 3.54. The van der Waals surface area contributed by atoms with Gasteiger partial charge in [0.05, 0.1) is 11.3 Å². The van der Waals surface area contributed by atoms with Gasteiger partial charge < -0.3 is 9.47 Å². The van der Waals surface area contributed by atoms with Gasteiger partial charge in [-0.3, -0.25) is 15.1 Å². The summed E-state index contributed by atoms with van der Waals surface area (Å²) in [6, 6.07) is 9.24. The van der Waals surface area contributed by atoms with E-state index >= 15 is 0 Å². The van der Waals surface area contributed by atoms with Gasteiger partial charge in [0.1, 0.15) is 13.2 Å². The molecule has 1 aliphatic heterocycles. The molecule has 0 bridgehead atoms. The average Bonchev–Trinajstić information content (AvgIpc) is 3.10. The Kier molecular flexibility index (Phi) is 4.07. The zero-order valence-corrected chi connectivity index (χ0v) is 14.3. The summed E-state index contributed by atoms with van der Waals surface area (Å²) < 4.78 is 11.3. The van der Waals surface area contributed by atoms with Crippen LogP contribution in [0.25, 0.3) is 11.3 Å². The maximum Gasteiger partial charge on any atom is 0.259 e. The van der Waals surface area contributed by atoms with Gasteiger partial charge in [-0.1, -0.05) is 6.07 Å². The number of hydrogen-bond acceptors (Lipinski definition) is 6. The van der Waals surface area contributed by atoms with Crippen molar-refractivity contribution >= 4 is 22.4 Å². The number of fused-ring (bicyclic) bond motifs is 1. The number of benzene rings is 1. The number of carbonyl (C=O) groups excluding carboxylic acids is 1. The normalized spacial score (nSPS) is 12.7. The number of nitrogens with zero attached hydrogens (tertiary/aromatic N) is 2. The van der Waals surface area contributed by atoms with E-state index in [1.54, 1.807) is 18.3 Å². The van der Waals surface area contributed by atoms with Crippen molar-refractivity contribution in [2.45, 2.75) is 6.92 Å². The number of aromatic nitrogens is 2. The van der Waals surface area contributed by atoms with E-state index in [9.17, 15) is 4.79 Å². The van der Waals surface area contributed by atoms with Crippen LogP contribution in [0.1, 0.15) is 16.1 Å². The summed E-state index contributed by atoms with van der Waals surface area (Å²) in [4.78, 5) is 20.9. The van der Waals surface area contributed by atoms with Gasteiger partial charge in [0.15, 0.2) is 16.6 Å². The van der Waals surface area contributed by atoms with Crippen LogP contribution < -0.4 is 14.8 Å². The van der Waals surface area contributed by atoms with Gasteiger partial charge in [-0.05, 0) is 31.2 Å². The standard InChI is InChI=1S/C18H15N3O3S/c1-11-5-6-12(9-19-11)17(22)21-18-20-14(10-25-18)13-3-2-4-15-16(13)24-8-7-23-15/h2-6,9-10H,7-8H2,1H3,(H,20,21,22). The molecule has 0 saturated carbocycles. The van der Waals surface area contributed by atoms with Crippen molar-refractivity contribution in [3.63, 3.8) is 0 Å². The Morgan fingerprint density at radius 2 is 2.08 bits per heavy atom. The first kappa shape index (κ1) is 15.6. The van der Waals surface area contributed by atoms with Crippen molar-refractivity contribution in [3.8, 4) is 22.8 Å². The Morgan fingerprint density at radius 1 is 1.20 bits per heavy atom. The first-order valence-corrected chi connectivity index (χ1v) is 8.67. The fraction of sp³-hybridized carbons (Fsp3) is 0.167. The van der Waals surface area contributed by atoms with E-state index in [0.717, 1.165) is 17.0 Å². The number of para-hydroxylation sites is 1. The van der Waals surface area contributed by atoms with Gasteiger partial charge in [-0.2, -0.15) is 0 Å². The van der Waals surface area contributed by atoms with Gasteiger partial charge in [0.2, 0.25) is 0 Å². The lowest BCUT2D eigenvalue weighted by Crippen LogP contribution is -2.15. The summed E-state index contributed by atoms with van der Waals surface area (Å²) >= 11 is 1.36. The van der Waals surface area contributed by atoms with Crippen LogP contribution in [-0.2, 0) is 0 Å². The Labute approximate surface area is 148 Å². The summed E-state index contributed by atoms with van der Waals surface area (Å²) in [6.45, 7) is 2.93. The molecule has 7 heteroatoms. The van der Waals surface area contributed by atoms with E-state index in [-0.39, 0.29) is 5.91 Å². The molecule has 3 heterocycles. The number of rotatable bonds is 3. The van der Waals surface area contributed by atoms with Crippen molar-refractivity contribution in [2.24, 2.45) is 0 Å². The molecule has 126 valence electrons. The number of anilines is 1. The molecule has 1 aliphatic rings. The molecule has 0 fully saturated rings. The van der Waals surface area contributed by atoms with Gasteiger partial charge >= 0.3 is 0 Å². The van der Waals surface area contributed by atoms with Crippen LogP contribution in [0.4, 0.5) is 5.13 Å². The number of nitrogens with one attached hydrogen (secondary N) is 1. The number of carbonyl (C=O) groups is 1. The van der Waals surface area contributed by atoms with E-state index in [2.05, 4.69) is 15.3 Å². The minimum Gasteiger partial charge on any atom is -0.486 e. The second kappa shape index (κ2) is 6.52. The minimum atomic E-state index is -0.233. The molecular formula is C18H15N3O3S. The molecule has 1 N–H and O–H groups in total. The van der Waals surface area contributed by atoms with E-state index in [4.69, 9.17) is 9.47 Å². The second-order valence-electron chi connectivity index (χ2n) is 5.51. The van der Waals surface area contributed by atoms with Crippen molar-refractivity contribution in [1.29, 1.82) is 0 Å². The van der Waals surface area contributed by atoms with Crippen molar-refractivity contribution in [3.05, 3.63) is 53.2 Å². The smallest absolute Gasteiger partial charge is 0.259 e. The summed E-state index contributed by atoms with van der Waals surface area (Å²) in [6.07, 6.45) is 1.55. The minimum absolute atomic E-state index is 0.233. The molecule has 0 saturated heterocycles. The molecule has 3 aromatic rings. The molecule has 2 aromatic heterocycles. The molecule has 0 aliphatic carbocycles. The largest absolute Gasteiger partial charge is 0.486 e. The molecule has 25 heavy (non-hydrogen) atoms. The van der Waals surface area contributed by atoms with Crippen LogP contribution in [0.3, 0.4) is 0 Å². The quantitative estimate of drug-likeness (QED) is 0.780. The van der Waals surface area contributed by atoms with E-state index in [0.29, 0.717) is 35.4 Å². The number of amides is 1. The zero-order chi connectivity index (χ0) is 17.2. The maximum atomic E-state index is 12.3. The first-order chi connectivity index (χ1) is 12.2. The Bertz CT molecular complexity index is 922. The molecule has 4 rings (SSSR count). The molecule has 0 unspecified atom stereocenters. The van der Waals surface area contributed by atoms with Gasteiger partial charge in [0, 0.05) is 22.8 Å². The second-order valence-corrected chi connectivity index (χ2v) is 6.37. The molecule has 6 nitrogen and oxygen atoms in total. The number of ether oxygens (including phenoxy) is 2. The van der Waals surface area contributed by atoms with Crippen molar-refractivity contribution < 1.29 is 14.3 Å². The number of thiazole rings is 1. The number of hydrogen-bond donors (Lipinski definition) is 1. The predicted molar refractivity (Wildman–Crippen MR) is 95.5 cm³/mol. The summed E-state index contributed by atoms with van der Waals surface area (Å²) in [5, 5.41) is 5.21. The van der Waals surface area contributed by atoms with Crippen LogP contribution in [0.5, 0.6) is 11.5 Å². The summed E-state index contributed by atoms with van der Waals surface area (Å²) in [5.74, 6) is 1.18. The Morgan fingerprint density at radius 3 is 2.92 bits per heavy atom. The SMILES string of the molecule is Cc1ccc(C(=O)Nc2nc(-c3cccc4c3OCCO4)cs2)cn1. The fourth-order valence-electron chi connectivity index (χ4n) is 2.50. The molecule has 1 amide bonds.